The molecule has 198 valence electrons. The fourth-order valence-corrected chi connectivity index (χ4v) is 5.15. The first-order valence-electron chi connectivity index (χ1n) is 13.1. The molecule has 4 heterocycles. The van der Waals surface area contributed by atoms with E-state index in [1.807, 2.05) is 67.6 Å². The third-order valence-corrected chi connectivity index (χ3v) is 7.05. The molecule has 0 unspecified atom stereocenters. The minimum absolute atomic E-state index is 0.211. The molecular weight excluding hydrogens is 515 g/mol. The minimum atomic E-state index is -0.260. The summed E-state index contributed by atoms with van der Waals surface area (Å²) in [5.41, 5.74) is 8.48. The van der Waals surface area contributed by atoms with Crippen LogP contribution in [0.5, 0.6) is 0 Å². The van der Waals surface area contributed by atoms with Crippen molar-refractivity contribution in [1.29, 1.82) is 0 Å². The van der Waals surface area contributed by atoms with E-state index < -0.39 is 0 Å². The maximum atomic E-state index is 14.2. The summed E-state index contributed by atoms with van der Waals surface area (Å²) in [6, 6.07) is 25.9. The molecule has 41 heavy (non-hydrogen) atoms. The van der Waals surface area contributed by atoms with Gasteiger partial charge in [0.25, 0.3) is 5.91 Å². The van der Waals surface area contributed by atoms with Gasteiger partial charge in [-0.2, -0.15) is 5.10 Å². The highest BCUT2D eigenvalue weighted by Gasteiger charge is 2.16. The number of hydrogen-bond acceptors (Lipinski definition) is 4. The van der Waals surface area contributed by atoms with E-state index in [1.54, 1.807) is 36.8 Å². The summed E-state index contributed by atoms with van der Waals surface area (Å²) in [6.45, 7) is 1.89. The number of aromatic nitrogens is 5. The number of fused-ring (bicyclic) bond motifs is 2. The zero-order valence-electron chi connectivity index (χ0n) is 21.9. The van der Waals surface area contributed by atoms with Gasteiger partial charge in [0, 0.05) is 33.6 Å². The number of aryl methyl sites for hydroxylation is 1. The second-order valence-electron chi connectivity index (χ2n) is 9.94. The molecule has 7 aromatic rings. The molecule has 0 spiro atoms. The zero-order valence-corrected chi connectivity index (χ0v) is 21.9. The molecule has 8 heteroatoms. The van der Waals surface area contributed by atoms with Gasteiger partial charge in [-0.1, -0.05) is 36.4 Å². The number of anilines is 1. The van der Waals surface area contributed by atoms with Crippen molar-refractivity contribution in [3.05, 3.63) is 120 Å². The Morgan fingerprint density at radius 1 is 0.829 bits per heavy atom. The molecule has 4 aromatic heterocycles. The minimum Gasteiger partial charge on any atom is -0.353 e. The monoisotopic (exact) mass is 538 g/mol. The van der Waals surface area contributed by atoms with Crippen LogP contribution in [0.4, 0.5) is 10.1 Å². The highest BCUT2D eigenvalue weighted by Crippen LogP contribution is 2.35. The standard InChI is InChI=1S/C33H23FN6O/c1-19-10-21(12-23(34)11-19)25-8-5-9-28-26(25)14-30(38-28)32-27-15-29(36-18-31(27)39-40-32)22-13-24(17-35-16-22)37-33(41)20-6-3-2-4-7-20/h2-18,38H,1H3,(H,37,41)(H,39,40). The number of H-pyrrole nitrogens is 2. The highest BCUT2D eigenvalue weighted by atomic mass is 19.1. The summed E-state index contributed by atoms with van der Waals surface area (Å²) in [4.78, 5) is 25.0. The van der Waals surface area contributed by atoms with Gasteiger partial charge in [-0.15, -0.1) is 0 Å². The van der Waals surface area contributed by atoms with Gasteiger partial charge in [0.15, 0.2) is 0 Å². The summed E-state index contributed by atoms with van der Waals surface area (Å²) < 4.78 is 14.2. The number of rotatable bonds is 5. The normalized spacial score (nSPS) is 11.3. The van der Waals surface area contributed by atoms with Gasteiger partial charge in [0.1, 0.15) is 11.5 Å². The molecule has 0 aliphatic rings. The van der Waals surface area contributed by atoms with E-state index in [1.165, 1.54) is 6.07 Å². The summed E-state index contributed by atoms with van der Waals surface area (Å²) in [5, 5.41) is 12.4. The molecule has 3 aromatic carbocycles. The first-order valence-corrected chi connectivity index (χ1v) is 13.1. The number of nitrogens with zero attached hydrogens (tertiary/aromatic N) is 3. The molecule has 0 bridgehead atoms. The lowest BCUT2D eigenvalue weighted by Crippen LogP contribution is -2.11. The molecule has 3 N–H and O–H groups in total. The van der Waals surface area contributed by atoms with Gasteiger partial charge >= 0.3 is 0 Å². The molecular formula is C33H23FN6O. The van der Waals surface area contributed by atoms with Crippen LogP contribution in [0.3, 0.4) is 0 Å². The van der Waals surface area contributed by atoms with Crippen molar-refractivity contribution in [3.63, 3.8) is 0 Å². The molecule has 0 aliphatic heterocycles. The third kappa shape index (κ3) is 4.61. The van der Waals surface area contributed by atoms with E-state index in [9.17, 15) is 9.18 Å². The number of halogens is 1. The number of hydrogen-bond donors (Lipinski definition) is 3. The van der Waals surface area contributed by atoms with Crippen molar-refractivity contribution in [1.82, 2.24) is 25.1 Å². The Labute approximate surface area is 234 Å². The van der Waals surface area contributed by atoms with Crippen LogP contribution in [0.25, 0.3) is 55.6 Å². The van der Waals surface area contributed by atoms with Crippen LogP contribution in [0, 0.1) is 12.7 Å². The van der Waals surface area contributed by atoms with Crippen LogP contribution in [0.1, 0.15) is 15.9 Å². The van der Waals surface area contributed by atoms with E-state index in [4.69, 9.17) is 0 Å². The molecule has 0 radical (unpaired) electrons. The van der Waals surface area contributed by atoms with E-state index in [0.717, 1.165) is 55.4 Å². The largest absolute Gasteiger partial charge is 0.353 e. The number of aromatic amines is 2. The molecule has 0 aliphatic carbocycles. The van der Waals surface area contributed by atoms with Crippen molar-refractivity contribution in [2.24, 2.45) is 0 Å². The third-order valence-electron chi connectivity index (χ3n) is 7.05. The number of nitrogens with one attached hydrogen (secondary N) is 3. The van der Waals surface area contributed by atoms with Gasteiger partial charge in [0.05, 0.1) is 35.0 Å². The lowest BCUT2D eigenvalue weighted by molar-refractivity contribution is 0.102. The van der Waals surface area contributed by atoms with Crippen LogP contribution in [-0.4, -0.2) is 31.1 Å². The van der Waals surface area contributed by atoms with Crippen molar-refractivity contribution >= 4 is 33.4 Å². The van der Waals surface area contributed by atoms with Crippen LogP contribution < -0.4 is 5.32 Å². The fraction of sp³-hybridized carbons (Fsp3) is 0.0303. The van der Waals surface area contributed by atoms with Gasteiger partial charge in [-0.25, -0.2) is 4.39 Å². The van der Waals surface area contributed by atoms with Gasteiger partial charge in [0.2, 0.25) is 0 Å². The number of amides is 1. The van der Waals surface area contributed by atoms with Crippen LogP contribution in [-0.2, 0) is 0 Å². The average molecular weight is 539 g/mol. The smallest absolute Gasteiger partial charge is 0.255 e. The van der Waals surface area contributed by atoms with Crippen molar-refractivity contribution < 1.29 is 9.18 Å². The Hall–Kier alpha value is -5.63. The number of carbonyl (C=O) groups excluding carboxylic acids is 1. The lowest BCUT2D eigenvalue weighted by atomic mass is 9.99. The number of pyridine rings is 2. The molecule has 7 nitrogen and oxygen atoms in total. The van der Waals surface area contributed by atoms with Crippen LogP contribution in [0.15, 0.2) is 104 Å². The maximum absolute atomic E-state index is 14.2. The Bertz CT molecular complexity index is 2060. The fourth-order valence-electron chi connectivity index (χ4n) is 5.15. The van der Waals surface area contributed by atoms with Crippen molar-refractivity contribution in [2.75, 3.05) is 5.32 Å². The summed E-state index contributed by atoms with van der Waals surface area (Å²) >= 11 is 0. The Balaban J connectivity index is 1.25. The molecule has 7 rings (SSSR count). The summed E-state index contributed by atoms with van der Waals surface area (Å²) in [5.74, 6) is -0.471. The topological polar surface area (TPSA) is 99.3 Å². The first kappa shape index (κ1) is 24.4. The second-order valence-corrected chi connectivity index (χ2v) is 9.94. The molecule has 0 saturated carbocycles. The molecule has 1 amide bonds. The van der Waals surface area contributed by atoms with E-state index >= 15 is 0 Å². The van der Waals surface area contributed by atoms with Gasteiger partial charge in [-0.3, -0.25) is 19.9 Å². The highest BCUT2D eigenvalue weighted by molar-refractivity contribution is 6.04. The van der Waals surface area contributed by atoms with E-state index in [2.05, 4.69) is 30.5 Å². The molecule has 0 atom stereocenters. The lowest BCUT2D eigenvalue weighted by Gasteiger charge is -2.07. The molecule has 0 saturated heterocycles. The number of benzene rings is 3. The first-order chi connectivity index (χ1) is 20.0. The van der Waals surface area contributed by atoms with Crippen molar-refractivity contribution in [3.8, 4) is 33.8 Å². The quantitative estimate of drug-likeness (QED) is 0.211. The Morgan fingerprint density at radius 2 is 1.71 bits per heavy atom. The van der Waals surface area contributed by atoms with Crippen LogP contribution >= 0.6 is 0 Å². The summed E-state index contributed by atoms with van der Waals surface area (Å²) in [6.07, 6.45) is 5.05. The predicted molar refractivity (Wildman–Crippen MR) is 159 cm³/mol. The predicted octanol–water partition coefficient (Wildman–Crippen LogP) is 7.54. The van der Waals surface area contributed by atoms with E-state index in [0.29, 0.717) is 16.9 Å². The number of carbonyl (C=O) groups is 1. The Morgan fingerprint density at radius 3 is 2.56 bits per heavy atom. The zero-order chi connectivity index (χ0) is 27.9. The van der Waals surface area contributed by atoms with Gasteiger partial charge < -0.3 is 10.3 Å². The second kappa shape index (κ2) is 9.84. The SMILES string of the molecule is Cc1cc(F)cc(-c2cccc3[nH]c(-c4n[nH]c5cnc(-c6cncc(NC(=O)c7ccccc7)c6)cc45)cc23)c1. The molecule has 0 fully saturated rings. The Kier molecular flexibility index (Phi) is 5.86. The van der Waals surface area contributed by atoms with Crippen molar-refractivity contribution in [2.45, 2.75) is 6.92 Å². The van der Waals surface area contributed by atoms with Gasteiger partial charge in [-0.05, 0) is 72.1 Å². The van der Waals surface area contributed by atoms with E-state index in [-0.39, 0.29) is 11.7 Å². The summed E-state index contributed by atoms with van der Waals surface area (Å²) in [7, 11) is 0. The maximum Gasteiger partial charge on any atom is 0.255 e. The average Bonchev–Trinajstić information content (AvgIpc) is 3.61. The van der Waals surface area contributed by atoms with Crippen LogP contribution in [0.2, 0.25) is 0 Å².